The zero-order valence-corrected chi connectivity index (χ0v) is 15.6. The zero-order valence-electron chi connectivity index (χ0n) is 14.8. The van der Waals surface area contributed by atoms with Crippen molar-refractivity contribution in [2.75, 3.05) is 6.79 Å². The van der Waals surface area contributed by atoms with Crippen molar-refractivity contribution in [3.8, 4) is 17.4 Å². The summed E-state index contributed by atoms with van der Waals surface area (Å²) in [5.41, 5.74) is 4.23. The lowest BCUT2D eigenvalue weighted by Crippen LogP contribution is -2.22. The summed E-state index contributed by atoms with van der Waals surface area (Å²) in [5.74, 6) is 1.27. The number of rotatable bonds is 5. The summed E-state index contributed by atoms with van der Waals surface area (Å²) >= 11 is 5.19. The first-order valence-electron chi connectivity index (χ1n) is 8.86. The molecule has 0 radical (unpaired) electrons. The third-order valence-electron chi connectivity index (χ3n) is 4.75. The van der Waals surface area contributed by atoms with Crippen molar-refractivity contribution < 1.29 is 14.6 Å². The average Bonchev–Trinajstić information content (AvgIpc) is 3.30. The van der Waals surface area contributed by atoms with Gasteiger partial charge in [0.1, 0.15) is 5.56 Å². The number of hydrogen-bond acceptors (Lipinski definition) is 7. The van der Waals surface area contributed by atoms with Gasteiger partial charge in [-0.05, 0) is 36.3 Å². The number of unbranched alkanes of at least 4 members (excludes halogenated alkanes) is 1. The van der Waals surface area contributed by atoms with E-state index in [4.69, 9.17) is 21.7 Å². The molecule has 0 aliphatic carbocycles. The fraction of sp³-hybridized carbons (Fsp3) is 0.389. The molecule has 1 atom stereocenters. The van der Waals surface area contributed by atoms with Gasteiger partial charge in [0, 0.05) is 13.0 Å². The van der Waals surface area contributed by atoms with E-state index in [0.29, 0.717) is 30.2 Å². The van der Waals surface area contributed by atoms with Crippen LogP contribution in [0.2, 0.25) is 0 Å². The van der Waals surface area contributed by atoms with Crippen molar-refractivity contribution in [2.24, 2.45) is 5.10 Å². The first kappa shape index (κ1) is 17.6. The second kappa shape index (κ2) is 7.07. The lowest BCUT2D eigenvalue weighted by Gasteiger charge is -2.13. The Morgan fingerprint density at radius 2 is 2.19 bits per heavy atom. The molecule has 0 saturated carbocycles. The molecule has 0 amide bonds. The number of nitrogens with zero attached hydrogens (tertiary/aromatic N) is 2. The molecule has 3 heterocycles. The molecule has 1 aromatic carbocycles. The normalized spacial score (nSPS) is 17.7. The molecule has 27 heavy (non-hydrogen) atoms. The fourth-order valence-corrected chi connectivity index (χ4v) is 3.53. The van der Waals surface area contributed by atoms with Crippen LogP contribution in [-0.2, 0) is 6.54 Å². The fourth-order valence-electron chi connectivity index (χ4n) is 3.26. The summed E-state index contributed by atoms with van der Waals surface area (Å²) in [6, 6.07) is 5.56. The van der Waals surface area contributed by atoms with Crippen LogP contribution in [0, 0.1) is 4.77 Å². The van der Waals surface area contributed by atoms with Crippen LogP contribution in [0.3, 0.4) is 0 Å². The summed E-state index contributed by atoms with van der Waals surface area (Å²) in [4.78, 5) is 15.1. The minimum atomic E-state index is -0.433. The van der Waals surface area contributed by atoms with Crippen molar-refractivity contribution in [2.45, 2.75) is 38.8 Å². The van der Waals surface area contributed by atoms with Gasteiger partial charge in [0.05, 0.1) is 11.8 Å². The molecule has 1 aromatic heterocycles. The Bertz CT molecular complexity index is 1030. The van der Waals surface area contributed by atoms with E-state index in [1.807, 2.05) is 25.1 Å². The molecule has 2 aliphatic heterocycles. The van der Waals surface area contributed by atoms with Gasteiger partial charge in [-0.3, -0.25) is 14.3 Å². The number of benzene rings is 1. The first-order valence-corrected chi connectivity index (χ1v) is 9.27. The molecule has 4 rings (SSSR count). The minimum absolute atomic E-state index is 0.124. The Hall–Kier alpha value is -2.81. The number of H-pyrrole nitrogens is 1. The predicted molar refractivity (Wildman–Crippen MR) is 102 cm³/mol. The van der Waals surface area contributed by atoms with Gasteiger partial charge in [-0.25, -0.2) is 0 Å². The van der Waals surface area contributed by atoms with E-state index in [2.05, 4.69) is 15.5 Å². The summed E-state index contributed by atoms with van der Waals surface area (Å²) in [6.45, 7) is 2.80. The Labute approximate surface area is 160 Å². The Morgan fingerprint density at radius 3 is 3.00 bits per heavy atom. The second-order valence-corrected chi connectivity index (χ2v) is 6.91. The van der Waals surface area contributed by atoms with Crippen LogP contribution < -0.4 is 20.5 Å². The van der Waals surface area contributed by atoms with Crippen molar-refractivity contribution in [1.82, 2.24) is 15.0 Å². The highest BCUT2D eigenvalue weighted by Crippen LogP contribution is 2.36. The van der Waals surface area contributed by atoms with E-state index in [0.717, 1.165) is 18.4 Å². The summed E-state index contributed by atoms with van der Waals surface area (Å²) in [6.07, 6.45) is 2.25. The molecular weight excluding hydrogens is 368 g/mol. The van der Waals surface area contributed by atoms with Crippen molar-refractivity contribution in [1.29, 1.82) is 0 Å². The number of nitrogens with one attached hydrogen (secondary N) is 2. The summed E-state index contributed by atoms with van der Waals surface area (Å²) in [7, 11) is 0. The van der Waals surface area contributed by atoms with Crippen LogP contribution >= 0.6 is 12.2 Å². The number of hydrazone groups is 1. The van der Waals surface area contributed by atoms with Gasteiger partial charge in [-0.2, -0.15) is 5.10 Å². The third kappa shape index (κ3) is 3.18. The smallest absolute Gasteiger partial charge is 0.264 e. The molecule has 0 unspecified atom stereocenters. The molecule has 0 bridgehead atoms. The van der Waals surface area contributed by atoms with Gasteiger partial charge in [-0.15, -0.1) is 0 Å². The van der Waals surface area contributed by atoms with Crippen LogP contribution in [0.5, 0.6) is 17.4 Å². The van der Waals surface area contributed by atoms with E-state index in [-0.39, 0.29) is 29.0 Å². The number of aromatic nitrogens is 2. The number of hydrogen-bond donors (Lipinski definition) is 3. The van der Waals surface area contributed by atoms with Crippen LogP contribution in [0.15, 0.2) is 28.1 Å². The molecule has 0 saturated heterocycles. The van der Waals surface area contributed by atoms with Crippen molar-refractivity contribution >= 4 is 17.9 Å². The summed E-state index contributed by atoms with van der Waals surface area (Å²) < 4.78 is 12.5. The first-order chi connectivity index (χ1) is 13.1. The Kier molecular flexibility index (Phi) is 4.61. The third-order valence-corrected chi connectivity index (χ3v) is 5.07. The highest BCUT2D eigenvalue weighted by molar-refractivity contribution is 7.71. The van der Waals surface area contributed by atoms with E-state index in [1.54, 1.807) is 4.57 Å². The lowest BCUT2D eigenvalue weighted by atomic mass is 9.99. The Morgan fingerprint density at radius 1 is 1.37 bits per heavy atom. The van der Waals surface area contributed by atoms with Crippen molar-refractivity contribution in [3.05, 3.63) is 44.5 Å². The molecule has 8 nitrogen and oxygen atoms in total. The zero-order chi connectivity index (χ0) is 19.0. The molecular formula is C18H20N4O4S. The van der Waals surface area contributed by atoms with Gasteiger partial charge in [0.2, 0.25) is 12.7 Å². The van der Waals surface area contributed by atoms with Gasteiger partial charge < -0.3 is 20.0 Å². The predicted octanol–water partition coefficient (Wildman–Crippen LogP) is 2.58. The van der Waals surface area contributed by atoms with E-state index in [9.17, 15) is 9.90 Å². The van der Waals surface area contributed by atoms with Crippen LogP contribution in [0.4, 0.5) is 0 Å². The van der Waals surface area contributed by atoms with Crippen LogP contribution in [-0.4, -0.2) is 27.2 Å². The van der Waals surface area contributed by atoms with Crippen LogP contribution in [0.1, 0.15) is 43.4 Å². The summed E-state index contributed by atoms with van der Waals surface area (Å²) in [5, 5.41) is 14.9. The van der Waals surface area contributed by atoms with E-state index < -0.39 is 5.56 Å². The van der Waals surface area contributed by atoms with E-state index in [1.165, 1.54) is 0 Å². The van der Waals surface area contributed by atoms with Gasteiger partial charge in [-0.1, -0.05) is 19.4 Å². The number of aromatic hydroxyl groups is 1. The quantitative estimate of drug-likeness (QED) is 0.681. The molecule has 9 heteroatoms. The van der Waals surface area contributed by atoms with Crippen LogP contribution in [0.25, 0.3) is 0 Å². The Balaban J connectivity index is 1.62. The van der Waals surface area contributed by atoms with Gasteiger partial charge in [0.25, 0.3) is 5.56 Å². The van der Waals surface area contributed by atoms with E-state index >= 15 is 0 Å². The lowest BCUT2D eigenvalue weighted by molar-refractivity contribution is 0.174. The minimum Gasteiger partial charge on any atom is -0.494 e. The molecule has 2 aliphatic rings. The standard InChI is InChI=1S/C18H20N4O4S/c1-2-3-6-22-17(24)15(16(23)19-18(22)27)12-8-11(20-21-12)10-4-5-13-14(7-10)26-9-25-13/h4-5,7,11,20,24H,2-3,6,8-9H2,1H3,(H,19,23,27)/t11-/m0/s1. The average molecular weight is 388 g/mol. The highest BCUT2D eigenvalue weighted by Gasteiger charge is 2.28. The molecule has 2 aromatic rings. The maximum absolute atomic E-state index is 12.4. The van der Waals surface area contributed by atoms with Gasteiger partial charge >= 0.3 is 0 Å². The highest BCUT2D eigenvalue weighted by atomic mass is 32.1. The molecule has 0 fully saturated rings. The van der Waals surface area contributed by atoms with Crippen molar-refractivity contribution in [3.63, 3.8) is 0 Å². The number of aromatic amines is 1. The topological polar surface area (TPSA) is 101 Å². The molecule has 0 spiro atoms. The number of fused-ring (bicyclic) bond motifs is 1. The monoisotopic (exact) mass is 388 g/mol. The molecule has 3 N–H and O–H groups in total. The maximum atomic E-state index is 12.4. The molecule has 142 valence electrons. The SMILES string of the molecule is CCCCn1c(O)c(C2=NN[C@H](c3ccc4c(c3)OCO4)C2)c(=O)[nH]c1=S. The second-order valence-electron chi connectivity index (χ2n) is 6.52. The number of ether oxygens (including phenoxy) is 2. The largest absolute Gasteiger partial charge is 0.494 e. The maximum Gasteiger partial charge on any atom is 0.264 e. The van der Waals surface area contributed by atoms with Gasteiger partial charge in [0.15, 0.2) is 16.3 Å².